The third-order valence-electron chi connectivity index (χ3n) is 6.84. The first-order chi connectivity index (χ1) is 17.4. The first kappa shape index (κ1) is 28.0. The lowest BCUT2D eigenvalue weighted by molar-refractivity contribution is -0.132. The van der Waals surface area contributed by atoms with Crippen LogP contribution >= 0.6 is 0 Å². The van der Waals surface area contributed by atoms with Gasteiger partial charge in [0.25, 0.3) is 5.91 Å². The van der Waals surface area contributed by atoms with Crippen LogP contribution < -0.4 is 15.0 Å². The maximum atomic E-state index is 13.8. The van der Waals surface area contributed by atoms with Gasteiger partial charge in [0.05, 0.1) is 12.0 Å². The predicted octanol–water partition coefficient (Wildman–Crippen LogP) is 4.01. The summed E-state index contributed by atoms with van der Waals surface area (Å²) in [6, 6.07) is 13.1. The van der Waals surface area contributed by atoms with E-state index in [-0.39, 0.29) is 17.7 Å². The Hall–Kier alpha value is -2.62. The van der Waals surface area contributed by atoms with Crippen LogP contribution in [0.4, 0.5) is 0 Å². The molecule has 2 N–H and O–H groups in total. The van der Waals surface area contributed by atoms with Crippen LogP contribution in [0.3, 0.4) is 0 Å². The Kier molecular flexibility index (Phi) is 10.2. The number of carbonyl (C=O) groups is 1. The van der Waals surface area contributed by atoms with Crippen molar-refractivity contribution in [1.82, 2.24) is 10.4 Å². The number of nitrogens with one attached hydrogen (secondary N) is 1. The molecule has 1 amide bonds. The third-order valence-corrected chi connectivity index (χ3v) is 9.30. The van der Waals surface area contributed by atoms with Gasteiger partial charge in [-0.2, -0.15) is 0 Å². The van der Waals surface area contributed by atoms with Crippen molar-refractivity contribution in [1.29, 1.82) is 0 Å². The minimum atomic E-state index is -4.16. The second-order valence-corrected chi connectivity index (χ2v) is 11.5. The van der Waals surface area contributed by atoms with Crippen molar-refractivity contribution >= 4 is 15.7 Å². The zero-order valence-corrected chi connectivity index (χ0v) is 22.1. The number of amides is 1. The molecule has 1 aliphatic heterocycles. The van der Waals surface area contributed by atoms with Crippen molar-refractivity contribution in [2.24, 2.45) is 0 Å². The maximum Gasteiger partial charge on any atom is 0.265 e. The molecule has 0 aromatic heterocycles. The summed E-state index contributed by atoms with van der Waals surface area (Å²) in [7, 11) is -2.67. The summed E-state index contributed by atoms with van der Waals surface area (Å²) in [6.07, 6.45) is 5.43. The van der Waals surface area contributed by atoms with E-state index in [0.717, 1.165) is 19.6 Å². The summed E-state index contributed by atoms with van der Waals surface area (Å²) in [5, 5.41) is 9.53. The van der Waals surface area contributed by atoms with Gasteiger partial charge in [0, 0.05) is 13.0 Å². The highest BCUT2D eigenvalue weighted by Crippen LogP contribution is 2.35. The number of hydroxylamine groups is 1. The van der Waals surface area contributed by atoms with Crippen LogP contribution in [0.2, 0.25) is 0 Å². The molecule has 36 heavy (non-hydrogen) atoms. The molecule has 1 aliphatic rings. The molecule has 0 aliphatic carbocycles. The average Bonchev–Trinajstić information content (AvgIpc) is 3.17. The van der Waals surface area contributed by atoms with Gasteiger partial charge in [0.1, 0.15) is 18.1 Å². The Morgan fingerprint density at radius 2 is 1.61 bits per heavy atom. The van der Waals surface area contributed by atoms with E-state index in [4.69, 9.17) is 9.47 Å². The number of hydrogen-bond acceptors (Lipinski definition) is 7. The summed E-state index contributed by atoms with van der Waals surface area (Å²) >= 11 is 0. The largest absolute Gasteiger partial charge is 0.497 e. The van der Waals surface area contributed by atoms with Crippen LogP contribution in [-0.2, 0) is 21.1 Å². The molecule has 8 nitrogen and oxygen atoms in total. The molecule has 2 aromatic carbocycles. The molecule has 1 unspecified atom stereocenters. The molecule has 198 valence electrons. The fraction of sp³-hybridized carbons (Fsp3) is 0.519. The van der Waals surface area contributed by atoms with Crippen molar-refractivity contribution < 1.29 is 27.9 Å². The van der Waals surface area contributed by atoms with E-state index < -0.39 is 20.5 Å². The molecule has 0 radical (unpaired) electrons. The lowest BCUT2D eigenvalue weighted by Gasteiger charge is -2.31. The SMILES string of the molecule is CCCC(Cc1ccc(OCCN2CCCCCC2)cc1)(C(=O)NO)S(=O)(=O)c1ccc(OC)cc1. The van der Waals surface area contributed by atoms with E-state index in [1.54, 1.807) is 29.7 Å². The van der Waals surface area contributed by atoms with Gasteiger partial charge in [-0.25, -0.2) is 13.9 Å². The monoisotopic (exact) mass is 518 g/mol. The van der Waals surface area contributed by atoms with Gasteiger partial charge in [-0.1, -0.05) is 38.3 Å². The topological polar surface area (TPSA) is 105 Å². The van der Waals surface area contributed by atoms with Gasteiger partial charge in [-0.05, 0) is 74.3 Å². The minimum absolute atomic E-state index is 0.00573. The number of benzene rings is 2. The second kappa shape index (κ2) is 13.1. The van der Waals surface area contributed by atoms with E-state index in [9.17, 15) is 18.4 Å². The molecular weight excluding hydrogens is 480 g/mol. The van der Waals surface area contributed by atoms with Crippen LogP contribution in [0, 0.1) is 0 Å². The molecule has 1 heterocycles. The Balaban J connectivity index is 1.78. The third kappa shape index (κ3) is 6.57. The lowest BCUT2D eigenvalue weighted by Crippen LogP contribution is -2.53. The second-order valence-electron chi connectivity index (χ2n) is 9.29. The summed E-state index contributed by atoms with van der Waals surface area (Å²) < 4.78 is 36.8. The highest BCUT2D eigenvalue weighted by molar-refractivity contribution is 7.93. The van der Waals surface area contributed by atoms with Gasteiger partial charge >= 0.3 is 0 Å². The summed E-state index contributed by atoms with van der Waals surface area (Å²) in [5.41, 5.74) is 2.27. The number of rotatable bonds is 12. The Morgan fingerprint density at radius 3 is 2.17 bits per heavy atom. The molecule has 0 spiro atoms. The van der Waals surface area contributed by atoms with E-state index in [2.05, 4.69) is 4.90 Å². The highest BCUT2D eigenvalue weighted by Gasteiger charge is 2.50. The van der Waals surface area contributed by atoms with Crippen molar-refractivity contribution in [3.63, 3.8) is 0 Å². The normalized spacial score (nSPS) is 16.5. The number of carbonyl (C=O) groups excluding carboxylic acids is 1. The first-order valence-corrected chi connectivity index (χ1v) is 14.1. The highest BCUT2D eigenvalue weighted by atomic mass is 32.2. The van der Waals surface area contributed by atoms with E-state index in [0.29, 0.717) is 30.1 Å². The molecule has 9 heteroatoms. The van der Waals surface area contributed by atoms with E-state index in [1.165, 1.54) is 57.1 Å². The molecule has 2 aromatic rings. The maximum absolute atomic E-state index is 13.8. The zero-order chi connectivity index (χ0) is 26.0. The van der Waals surface area contributed by atoms with Crippen LogP contribution in [0.1, 0.15) is 51.0 Å². The lowest BCUT2D eigenvalue weighted by atomic mass is 9.93. The number of methoxy groups -OCH3 is 1. The summed E-state index contributed by atoms with van der Waals surface area (Å²) in [5.74, 6) is 0.255. The average molecular weight is 519 g/mol. The first-order valence-electron chi connectivity index (χ1n) is 12.6. The number of likely N-dealkylation sites (tertiary alicyclic amines) is 1. The zero-order valence-electron chi connectivity index (χ0n) is 21.2. The molecule has 1 atom stereocenters. The minimum Gasteiger partial charge on any atom is -0.497 e. The predicted molar refractivity (Wildman–Crippen MR) is 138 cm³/mol. The smallest absolute Gasteiger partial charge is 0.265 e. The fourth-order valence-electron chi connectivity index (χ4n) is 4.81. The quantitative estimate of drug-likeness (QED) is 0.323. The molecular formula is C27H38N2O6S. The van der Waals surface area contributed by atoms with Crippen molar-refractivity contribution in [3.8, 4) is 11.5 Å². The van der Waals surface area contributed by atoms with Gasteiger partial charge in [0.2, 0.25) is 0 Å². The number of hydrogen-bond donors (Lipinski definition) is 2. The van der Waals surface area contributed by atoms with Crippen LogP contribution in [0.25, 0.3) is 0 Å². The van der Waals surface area contributed by atoms with Crippen molar-refractivity contribution in [2.75, 3.05) is 33.4 Å². The van der Waals surface area contributed by atoms with Gasteiger partial charge in [0.15, 0.2) is 14.6 Å². The number of sulfone groups is 1. The molecule has 3 rings (SSSR count). The summed E-state index contributed by atoms with van der Waals surface area (Å²) in [4.78, 5) is 15.4. The van der Waals surface area contributed by atoms with Crippen molar-refractivity contribution in [3.05, 3.63) is 54.1 Å². The Morgan fingerprint density at radius 1 is 1.00 bits per heavy atom. The Labute approximate surface area is 214 Å². The fourth-order valence-corrected chi connectivity index (χ4v) is 6.87. The van der Waals surface area contributed by atoms with Crippen LogP contribution in [-0.4, -0.2) is 62.5 Å². The molecule has 1 saturated heterocycles. The Bertz CT molecular complexity index is 1060. The van der Waals surface area contributed by atoms with Gasteiger partial charge in [-0.15, -0.1) is 0 Å². The van der Waals surface area contributed by atoms with E-state index >= 15 is 0 Å². The van der Waals surface area contributed by atoms with Crippen LogP contribution in [0.5, 0.6) is 11.5 Å². The van der Waals surface area contributed by atoms with Gasteiger partial charge in [-0.3, -0.25) is 14.9 Å². The van der Waals surface area contributed by atoms with E-state index in [1.807, 2.05) is 6.92 Å². The standard InChI is InChI=1S/C27H38N2O6S/c1-3-16-27(26(30)28-31,36(32,33)25-14-12-23(34-2)13-15-25)21-22-8-10-24(11-9-22)35-20-19-29-17-6-4-5-7-18-29/h8-15,31H,3-7,16-21H2,1-2H3,(H,28,30). The molecule has 0 saturated carbocycles. The van der Waals surface area contributed by atoms with Crippen molar-refractivity contribution in [2.45, 2.75) is 61.5 Å². The van der Waals surface area contributed by atoms with Crippen LogP contribution in [0.15, 0.2) is 53.4 Å². The summed E-state index contributed by atoms with van der Waals surface area (Å²) in [6.45, 7) is 5.48. The van der Waals surface area contributed by atoms with Gasteiger partial charge < -0.3 is 9.47 Å². The molecule has 1 fully saturated rings. The number of ether oxygens (including phenoxy) is 2. The number of nitrogens with zero attached hydrogens (tertiary/aromatic N) is 1. The molecule has 0 bridgehead atoms.